The number of nitrogens with zero attached hydrogens (tertiary/aromatic N) is 2. The Labute approximate surface area is 134 Å². The first-order valence-electron chi connectivity index (χ1n) is 7.61. The van der Waals surface area contributed by atoms with E-state index in [4.69, 9.17) is 4.98 Å². The van der Waals surface area contributed by atoms with Gasteiger partial charge in [0.2, 0.25) is 0 Å². The lowest BCUT2D eigenvalue weighted by molar-refractivity contribution is 0.555. The number of anilines is 1. The van der Waals surface area contributed by atoms with Gasteiger partial charge in [0.1, 0.15) is 11.6 Å². The molecule has 0 fully saturated rings. The van der Waals surface area contributed by atoms with Crippen molar-refractivity contribution in [2.24, 2.45) is 0 Å². The zero-order valence-corrected chi connectivity index (χ0v) is 13.9. The van der Waals surface area contributed by atoms with Gasteiger partial charge in [-0.15, -0.1) is 0 Å². The predicted molar refractivity (Wildman–Crippen MR) is 89.7 cm³/mol. The van der Waals surface area contributed by atoms with Crippen LogP contribution in [0.2, 0.25) is 0 Å². The van der Waals surface area contributed by atoms with Crippen molar-refractivity contribution in [2.45, 2.75) is 38.5 Å². The molecule has 1 unspecified atom stereocenters. The second-order valence-corrected chi connectivity index (χ2v) is 6.41. The van der Waals surface area contributed by atoms with E-state index >= 15 is 0 Å². The van der Waals surface area contributed by atoms with Crippen LogP contribution >= 0.6 is 15.9 Å². The highest BCUT2D eigenvalue weighted by Gasteiger charge is 2.22. The third-order valence-electron chi connectivity index (χ3n) is 4.02. The fourth-order valence-corrected chi connectivity index (χ4v) is 3.19. The highest BCUT2D eigenvalue weighted by atomic mass is 79.9. The summed E-state index contributed by atoms with van der Waals surface area (Å²) in [7, 11) is 0. The number of fused-ring (bicyclic) bond motifs is 1. The quantitative estimate of drug-likeness (QED) is 0.895. The van der Waals surface area contributed by atoms with E-state index < -0.39 is 0 Å². The van der Waals surface area contributed by atoms with E-state index in [0.29, 0.717) is 5.92 Å². The van der Waals surface area contributed by atoms with Crippen molar-refractivity contribution in [3.05, 3.63) is 51.9 Å². The first-order chi connectivity index (χ1) is 10.3. The zero-order chi connectivity index (χ0) is 14.7. The van der Waals surface area contributed by atoms with Gasteiger partial charge < -0.3 is 5.32 Å². The molecule has 1 aliphatic carbocycles. The molecule has 0 spiro atoms. The topological polar surface area (TPSA) is 37.8 Å². The van der Waals surface area contributed by atoms with Gasteiger partial charge in [-0.1, -0.05) is 31.2 Å². The molecular weight excluding hydrogens is 326 g/mol. The number of benzene rings is 1. The monoisotopic (exact) mass is 345 g/mol. The Morgan fingerprint density at radius 3 is 2.90 bits per heavy atom. The maximum absolute atomic E-state index is 4.74. The van der Waals surface area contributed by atoms with Crippen molar-refractivity contribution < 1.29 is 0 Å². The summed E-state index contributed by atoms with van der Waals surface area (Å²) < 4.78 is 0.941. The molecule has 0 saturated heterocycles. The molecule has 110 valence electrons. The number of hydrogen-bond acceptors (Lipinski definition) is 3. The zero-order valence-electron chi connectivity index (χ0n) is 12.3. The molecule has 0 aliphatic heterocycles. The summed E-state index contributed by atoms with van der Waals surface area (Å²) in [5.41, 5.74) is 2.93. The van der Waals surface area contributed by atoms with Crippen molar-refractivity contribution in [1.29, 1.82) is 0 Å². The second kappa shape index (κ2) is 6.56. The van der Waals surface area contributed by atoms with Crippen LogP contribution < -0.4 is 5.32 Å². The van der Waals surface area contributed by atoms with E-state index in [0.717, 1.165) is 48.3 Å². The largest absolute Gasteiger partial charge is 0.369 e. The molecule has 1 heterocycles. The standard InChI is InChI=1S/C17H20BrN3/c1-2-9-19-17-15(18)11-20-16(21-17)14-8-7-12-5-3-4-6-13(12)10-14/h3-6,11,14H,2,7-10H2,1H3,(H,19,20,21). The molecule has 0 radical (unpaired) electrons. The maximum Gasteiger partial charge on any atom is 0.144 e. The Kier molecular flexibility index (Phi) is 4.54. The molecule has 1 N–H and O–H groups in total. The Morgan fingerprint density at radius 1 is 1.29 bits per heavy atom. The molecule has 0 amide bonds. The van der Waals surface area contributed by atoms with Crippen molar-refractivity contribution in [3.8, 4) is 0 Å². The minimum Gasteiger partial charge on any atom is -0.369 e. The fourth-order valence-electron chi connectivity index (χ4n) is 2.86. The van der Waals surface area contributed by atoms with Crippen LogP contribution in [0.1, 0.15) is 42.6 Å². The molecule has 1 aromatic heterocycles. The molecule has 4 heteroatoms. The SMILES string of the molecule is CCCNc1nc(C2CCc3ccccc3C2)ncc1Br. The fraction of sp³-hybridized carbons (Fsp3) is 0.412. The number of halogens is 1. The van der Waals surface area contributed by atoms with Gasteiger partial charge in [0.15, 0.2) is 0 Å². The van der Waals surface area contributed by atoms with Crippen molar-refractivity contribution in [2.75, 3.05) is 11.9 Å². The van der Waals surface area contributed by atoms with Crippen LogP contribution in [-0.4, -0.2) is 16.5 Å². The molecule has 1 aliphatic rings. The van der Waals surface area contributed by atoms with E-state index in [1.54, 1.807) is 0 Å². The Hall–Kier alpha value is -1.42. The van der Waals surface area contributed by atoms with Crippen LogP contribution in [0.5, 0.6) is 0 Å². The number of aryl methyl sites for hydroxylation is 1. The average Bonchev–Trinajstić information content (AvgIpc) is 2.53. The van der Waals surface area contributed by atoms with Gasteiger partial charge in [-0.25, -0.2) is 9.97 Å². The van der Waals surface area contributed by atoms with E-state index in [1.807, 2.05) is 6.20 Å². The lowest BCUT2D eigenvalue weighted by Gasteiger charge is -2.23. The lowest BCUT2D eigenvalue weighted by Crippen LogP contribution is -2.16. The minimum atomic E-state index is 0.426. The van der Waals surface area contributed by atoms with Crippen molar-refractivity contribution in [1.82, 2.24) is 9.97 Å². The molecule has 2 aromatic rings. The number of hydrogen-bond donors (Lipinski definition) is 1. The summed E-state index contributed by atoms with van der Waals surface area (Å²) in [4.78, 5) is 9.28. The minimum absolute atomic E-state index is 0.426. The van der Waals surface area contributed by atoms with Crippen LogP contribution in [0.3, 0.4) is 0 Å². The summed E-state index contributed by atoms with van der Waals surface area (Å²) in [6.07, 6.45) is 6.26. The Bertz CT molecular complexity index is 627. The van der Waals surface area contributed by atoms with Gasteiger partial charge in [0.25, 0.3) is 0 Å². The summed E-state index contributed by atoms with van der Waals surface area (Å²) in [6.45, 7) is 3.09. The van der Waals surface area contributed by atoms with Crippen LogP contribution in [0.25, 0.3) is 0 Å². The van der Waals surface area contributed by atoms with Crippen molar-refractivity contribution in [3.63, 3.8) is 0 Å². The van der Waals surface area contributed by atoms with E-state index in [-0.39, 0.29) is 0 Å². The van der Waals surface area contributed by atoms with Gasteiger partial charge in [-0.05, 0) is 52.7 Å². The highest BCUT2D eigenvalue weighted by molar-refractivity contribution is 9.10. The first-order valence-corrected chi connectivity index (χ1v) is 8.40. The number of aromatic nitrogens is 2. The number of nitrogens with one attached hydrogen (secondary N) is 1. The first kappa shape index (κ1) is 14.5. The summed E-state index contributed by atoms with van der Waals surface area (Å²) >= 11 is 3.52. The summed E-state index contributed by atoms with van der Waals surface area (Å²) in [6, 6.07) is 8.72. The molecule has 21 heavy (non-hydrogen) atoms. The summed E-state index contributed by atoms with van der Waals surface area (Å²) in [5.74, 6) is 2.31. The van der Waals surface area contributed by atoms with Gasteiger partial charge in [0, 0.05) is 18.7 Å². The third-order valence-corrected chi connectivity index (χ3v) is 4.60. The van der Waals surface area contributed by atoms with E-state index in [2.05, 4.69) is 57.4 Å². The summed E-state index contributed by atoms with van der Waals surface area (Å²) in [5, 5.41) is 3.36. The molecule has 0 bridgehead atoms. The smallest absolute Gasteiger partial charge is 0.144 e. The Morgan fingerprint density at radius 2 is 2.10 bits per heavy atom. The molecule has 1 atom stereocenters. The van der Waals surface area contributed by atoms with Crippen LogP contribution in [-0.2, 0) is 12.8 Å². The highest BCUT2D eigenvalue weighted by Crippen LogP contribution is 2.32. The molecule has 0 saturated carbocycles. The van der Waals surface area contributed by atoms with Crippen LogP contribution in [0.15, 0.2) is 34.9 Å². The van der Waals surface area contributed by atoms with Crippen LogP contribution in [0.4, 0.5) is 5.82 Å². The van der Waals surface area contributed by atoms with E-state index in [9.17, 15) is 0 Å². The van der Waals surface area contributed by atoms with Gasteiger partial charge in [0.05, 0.1) is 4.47 Å². The van der Waals surface area contributed by atoms with Gasteiger partial charge in [-0.3, -0.25) is 0 Å². The van der Waals surface area contributed by atoms with Crippen molar-refractivity contribution >= 4 is 21.7 Å². The average molecular weight is 346 g/mol. The third kappa shape index (κ3) is 3.26. The normalized spacial score (nSPS) is 17.3. The van der Waals surface area contributed by atoms with Gasteiger partial charge >= 0.3 is 0 Å². The number of rotatable bonds is 4. The second-order valence-electron chi connectivity index (χ2n) is 5.56. The lowest BCUT2D eigenvalue weighted by atomic mass is 9.83. The predicted octanol–water partition coefficient (Wildman–Crippen LogP) is 4.33. The van der Waals surface area contributed by atoms with Crippen LogP contribution in [0, 0.1) is 0 Å². The Balaban J connectivity index is 1.81. The molecular formula is C17H20BrN3. The van der Waals surface area contributed by atoms with E-state index in [1.165, 1.54) is 11.1 Å². The maximum atomic E-state index is 4.74. The molecule has 3 rings (SSSR count). The molecule has 3 nitrogen and oxygen atoms in total. The van der Waals surface area contributed by atoms with Gasteiger partial charge in [-0.2, -0.15) is 0 Å². The molecule has 1 aromatic carbocycles.